The van der Waals surface area contributed by atoms with Crippen molar-refractivity contribution in [2.45, 2.75) is 88.2 Å². The first-order valence-electron chi connectivity index (χ1n) is 13.3. The number of nitrogens with one attached hydrogen (secondary N) is 1. The molecule has 37 heavy (non-hydrogen) atoms. The molecular formula is C28H33N3O6. The molecule has 8 unspecified atom stereocenters. The van der Waals surface area contributed by atoms with Gasteiger partial charge in [-0.2, -0.15) is 0 Å². The summed E-state index contributed by atoms with van der Waals surface area (Å²) in [7, 11) is 0. The summed E-state index contributed by atoms with van der Waals surface area (Å²) < 4.78 is 11.6. The van der Waals surface area contributed by atoms with Crippen LogP contribution in [-0.4, -0.2) is 61.5 Å². The van der Waals surface area contributed by atoms with Gasteiger partial charge in [-0.1, -0.05) is 19.9 Å². The summed E-state index contributed by atoms with van der Waals surface area (Å²) >= 11 is 0. The highest BCUT2D eigenvalue weighted by Gasteiger charge is 3.02. The van der Waals surface area contributed by atoms with Crippen LogP contribution in [0.15, 0.2) is 24.5 Å². The lowest BCUT2D eigenvalue weighted by Crippen LogP contribution is -2.74. The van der Waals surface area contributed by atoms with E-state index >= 15 is 0 Å². The van der Waals surface area contributed by atoms with Crippen molar-refractivity contribution in [3.8, 4) is 11.5 Å². The molecule has 6 heterocycles. The molecule has 5 fully saturated rings. The van der Waals surface area contributed by atoms with E-state index in [4.69, 9.17) is 9.47 Å². The third-order valence-electron chi connectivity index (χ3n) is 11.7. The highest BCUT2D eigenvalue weighted by atomic mass is 16.6. The number of hydroxylamine groups is 3. The summed E-state index contributed by atoms with van der Waals surface area (Å²) in [4.78, 5) is 29.8. The van der Waals surface area contributed by atoms with Gasteiger partial charge in [0.15, 0.2) is 17.2 Å². The van der Waals surface area contributed by atoms with Gasteiger partial charge in [-0.15, -0.1) is 0 Å². The molecule has 2 amide bonds. The predicted molar refractivity (Wildman–Crippen MR) is 132 cm³/mol. The molecule has 9 nitrogen and oxygen atoms in total. The van der Waals surface area contributed by atoms with Crippen LogP contribution >= 0.6 is 0 Å². The van der Waals surface area contributed by atoms with E-state index in [-0.39, 0.29) is 24.3 Å². The molecule has 8 atom stereocenters. The summed E-state index contributed by atoms with van der Waals surface area (Å²) in [5, 5.41) is 29.1. The molecule has 2 bridgehead atoms. The van der Waals surface area contributed by atoms with Crippen LogP contribution in [0.2, 0.25) is 0 Å². The van der Waals surface area contributed by atoms with Gasteiger partial charge in [-0.25, -0.2) is 0 Å². The molecule has 4 saturated heterocycles. The van der Waals surface area contributed by atoms with Crippen LogP contribution in [0.1, 0.15) is 59.9 Å². The minimum absolute atomic E-state index is 0.0307. The number of piperidine rings is 2. The van der Waals surface area contributed by atoms with Crippen molar-refractivity contribution in [2.24, 2.45) is 17.3 Å². The van der Waals surface area contributed by atoms with Crippen LogP contribution in [-0.2, 0) is 15.0 Å². The van der Waals surface area contributed by atoms with Crippen LogP contribution in [0.5, 0.6) is 11.5 Å². The van der Waals surface area contributed by atoms with Gasteiger partial charge in [-0.05, 0) is 50.3 Å². The Bertz CT molecular complexity index is 1400. The fourth-order valence-corrected chi connectivity index (χ4v) is 10.3. The second kappa shape index (κ2) is 5.55. The number of benzene rings is 1. The molecule has 1 aliphatic carbocycles. The van der Waals surface area contributed by atoms with Gasteiger partial charge < -0.3 is 29.8 Å². The minimum atomic E-state index is -1.23. The van der Waals surface area contributed by atoms with Crippen molar-refractivity contribution in [1.82, 2.24) is 4.90 Å². The van der Waals surface area contributed by atoms with Gasteiger partial charge in [0.25, 0.3) is 0 Å². The number of ether oxygens (including phenoxy) is 2. The SMILES string of the molecule is CC1(C)C=COc2c(ccc3c2NC(=O)C32CC34C(C5C(=O)N3C4(C)[N+]3([O-])CCC(C)(O)C53)C2(C)C)O1. The van der Waals surface area contributed by atoms with E-state index in [9.17, 15) is 19.9 Å². The molecule has 0 aromatic heterocycles. The number of quaternary nitrogens is 1. The number of aliphatic hydroxyl groups is 1. The number of anilines is 1. The van der Waals surface area contributed by atoms with Gasteiger partial charge in [-0.3, -0.25) is 14.5 Å². The number of fused-ring (bicyclic) bond motifs is 8. The maximum Gasteiger partial charge on any atom is 0.237 e. The van der Waals surface area contributed by atoms with Crippen LogP contribution in [0.4, 0.5) is 5.69 Å². The van der Waals surface area contributed by atoms with Gasteiger partial charge in [0, 0.05) is 19.3 Å². The lowest BCUT2D eigenvalue weighted by atomic mass is 9.57. The van der Waals surface area contributed by atoms with Crippen LogP contribution in [0, 0.1) is 22.5 Å². The molecule has 1 saturated carbocycles. The maximum atomic E-state index is 14.6. The highest BCUT2D eigenvalue weighted by molar-refractivity contribution is 6.10. The first-order chi connectivity index (χ1) is 17.1. The zero-order valence-electron chi connectivity index (χ0n) is 22.0. The average molecular weight is 508 g/mol. The van der Waals surface area contributed by atoms with E-state index in [1.165, 1.54) is 0 Å². The van der Waals surface area contributed by atoms with Crippen molar-refractivity contribution in [3.63, 3.8) is 0 Å². The highest BCUT2D eigenvalue weighted by Crippen LogP contribution is 2.86. The number of hydrogen-bond donors (Lipinski definition) is 2. The molecule has 6 aliphatic heterocycles. The number of carbonyl (C=O) groups is 2. The molecule has 2 N–H and O–H groups in total. The lowest BCUT2D eigenvalue weighted by Gasteiger charge is -2.60. The summed E-state index contributed by atoms with van der Waals surface area (Å²) in [5.41, 5.74) is -3.71. The van der Waals surface area contributed by atoms with E-state index in [1.54, 1.807) is 13.2 Å². The van der Waals surface area contributed by atoms with E-state index in [0.29, 0.717) is 30.0 Å². The summed E-state index contributed by atoms with van der Waals surface area (Å²) in [6.07, 6.45) is 4.19. The van der Waals surface area contributed by atoms with Crippen molar-refractivity contribution >= 4 is 17.5 Å². The Morgan fingerprint density at radius 2 is 1.89 bits per heavy atom. The van der Waals surface area contributed by atoms with Crippen molar-refractivity contribution in [3.05, 3.63) is 35.2 Å². The molecule has 196 valence electrons. The molecule has 9 heteroatoms. The molecule has 7 aliphatic rings. The topological polar surface area (TPSA) is 111 Å². The summed E-state index contributed by atoms with van der Waals surface area (Å²) in [6.45, 7) is 11.9. The Balaban J connectivity index is 1.34. The maximum absolute atomic E-state index is 14.6. The Hall–Kier alpha value is -2.62. The molecule has 0 radical (unpaired) electrons. The first-order valence-corrected chi connectivity index (χ1v) is 13.3. The Morgan fingerprint density at radius 3 is 2.62 bits per heavy atom. The van der Waals surface area contributed by atoms with Crippen molar-refractivity contribution < 1.29 is 28.8 Å². The van der Waals surface area contributed by atoms with Gasteiger partial charge in [0.1, 0.15) is 22.8 Å². The van der Waals surface area contributed by atoms with Gasteiger partial charge in [0.05, 0.1) is 29.8 Å². The molecule has 8 rings (SSSR count). The largest absolute Gasteiger partial charge is 0.631 e. The normalized spacial score (nSPS) is 50.1. The van der Waals surface area contributed by atoms with Gasteiger partial charge >= 0.3 is 0 Å². The Morgan fingerprint density at radius 1 is 1.16 bits per heavy atom. The zero-order chi connectivity index (χ0) is 26.3. The fraction of sp³-hybridized carbons (Fsp3) is 0.643. The second-order valence-corrected chi connectivity index (χ2v) is 13.9. The van der Waals surface area contributed by atoms with Crippen molar-refractivity contribution in [2.75, 3.05) is 11.9 Å². The van der Waals surface area contributed by atoms with Gasteiger partial charge in [0.2, 0.25) is 11.8 Å². The van der Waals surface area contributed by atoms with E-state index in [1.807, 2.05) is 43.9 Å². The van der Waals surface area contributed by atoms with E-state index < -0.39 is 49.8 Å². The van der Waals surface area contributed by atoms with E-state index in [0.717, 1.165) is 5.56 Å². The number of amides is 2. The Kier molecular flexibility index (Phi) is 3.36. The standard InChI is InChI=1S/C28H33N3O6/c1-23(2)10-12-36-18-15(37-23)8-7-14-17(18)29-22(33)27(14)13-28-19(24(27,3)4)16-20-25(5,34)9-11-31(20,35)26(28,6)30(28)21(16)32/h7-8,10,12,16,19-20,34H,9,11,13H2,1-6H3,(H,29,33). The third kappa shape index (κ3) is 1.88. The van der Waals surface area contributed by atoms with Crippen LogP contribution in [0.25, 0.3) is 0 Å². The lowest BCUT2D eigenvalue weighted by molar-refractivity contribution is -0.946. The molecular weight excluding hydrogens is 474 g/mol. The number of carbonyl (C=O) groups excluding carboxylic acids is 2. The second-order valence-electron chi connectivity index (χ2n) is 13.9. The number of rotatable bonds is 0. The molecule has 1 aromatic rings. The predicted octanol–water partition coefficient (Wildman–Crippen LogP) is 2.76. The Labute approximate surface area is 215 Å². The first kappa shape index (κ1) is 22.4. The molecule has 1 aromatic carbocycles. The quantitative estimate of drug-likeness (QED) is 0.317. The number of hydrogen-bond acceptors (Lipinski definition) is 6. The average Bonchev–Trinajstić information content (AvgIpc) is 2.93. The number of nitrogens with zero attached hydrogens (tertiary/aromatic N) is 2. The smallest absolute Gasteiger partial charge is 0.237 e. The minimum Gasteiger partial charge on any atom is -0.631 e. The monoisotopic (exact) mass is 507 g/mol. The van der Waals surface area contributed by atoms with Crippen molar-refractivity contribution in [1.29, 1.82) is 0 Å². The fourth-order valence-electron chi connectivity index (χ4n) is 10.3. The summed E-state index contributed by atoms with van der Waals surface area (Å²) in [5.74, 6) is 0.00948. The summed E-state index contributed by atoms with van der Waals surface area (Å²) in [6, 6.07) is 3.09. The van der Waals surface area contributed by atoms with E-state index in [2.05, 4.69) is 19.2 Å². The molecule has 2 spiro atoms. The van der Waals surface area contributed by atoms with Crippen LogP contribution < -0.4 is 14.8 Å². The van der Waals surface area contributed by atoms with Crippen LogP contribution in [0.3, 0.4) is 0 Å². The zero-order valence-corrected chi connectivity index (χ0v) is 22.0. The third-order valence-corrected chi connectivity index (χ3v) is 11.7.